The smallest absolute Gasteiger partial charge is 0.269 e. The minimum absolute atomic E-state index is 0.0468. The van der Waals surface area contributed by atoms with Crippen LogP contribution in [0.4, 0.5) is 5.69 Å². The van der Waals surface area contributed by atoms with Crippen LogP contribution in [0.1, 0.15) is 38.7 Å². The first-order chi connectivity index (χ1) is 8.58. The van der Waals surface area contributed by atoms with Crippen molar-refractivity contribution in [3.63, 3.8) is 0 Å². The highest BCUT2D eigenvalue weighted by Gasteiger charge is 2.37. The lowest BCUT2D eigenvalue weighted by molar-refractivity contribution is -0.384. The fraction of sp³-hybridized carbons (Fsp3) is 0.571. The van der Waals surface area contributed by atoms with Crippen LogP contribution in [0.5, 0.6) is 0 Å². The Labute approximate surface area is 108 Å². The van der Waals surface area contributed by atoms with Crippen LogP contribution in [0.15, 0.2) is 24.3 Å². The molecule has 2 rings (SSSR count). The number of rotatable bonds is 4. The number of benzene rings is 1. The molecular weight excluding hydrogens is 228 g/mol. The second-order valence-corrected chi connectivity index (χ2v) is 5.17. The lowest BCUT2D eigenvalue weighted by Crippen LogP contribution is -2.38. The van der Waals surface area contributed by atoms with Gasteiger partial charge < -0.3 is 0 Å². The molecule has 98 valence electrons. The normalized spacial score (nSPS) is 24.3. The molecule has 0 N–H and O–H groups in total. The molecule has 0 aromatic heterocycles. The van der Waals surface area contributed by atoms with E-state index < -0.39 is 0 Å². The Balaban J connectivity index is 2.26. The van der Waals surface area contributed by atoms with Crippen molar-refractivity contribution in [2.24, 2.45) is 0 Å². The lowest BCUT2D eigenvalue weighted by atomic mass is 9.89. The van der Waals surface area contributed by atoms with Gasteiger partial charge in [-0.15, -0.1) is 0 Å². The Morgan fingerprint density at radius 2 is 2.06 bits per heavy atom. The summed E-state index contributed by atoms with van der Waals surface area (Å²) in [6.45, 7) is 6.65. The Hall–Kier alpha value is -1.42. The van der Waals surface area contributed by atoms with Gasteiger partial charge in [0.2, 0.25) is 0 Å². The summed E-state index contributed by atoms with van der Waals surface area (Å²) < 4.78 is 0. The van der Waals surface area contributed by atoms with Crippen LogP contribution >= 0.6 is 0 Å². The van der Waals surface area contributed by atoms with Gasteiger partial charge in [-0.25, -0.2) is 0 Å². The molecular formula is C14H20N2O2. The number of nitro benzene ring substituents is 1. The molecule has 0 radical (unpaired) electrons. The van der Waals surface area contributed by atoms with E-state index in [2.05, 4.69) is 18.7 Å². The van der Waals surface area contributed by atoms with Gasteiger partial charge in [-0.1, -0.05) is 19.1 Å². The predicted octanol–water partition coefficient (Wildman–Crippen LogP) is 3.32. The zero-order valence-corrected chi connectivity index (χ0v) is 11.1. The number of hydrogen-bond acceptors (Lipinski definition) is 3. The minimum atomic E-state index is -0.343. The third-order valence-corrected chi connectivity index (χ3v) is 3.98. The van der Waals surface area contributed by atoms with Gasteiger partial charge in [0.05, 0.1) is 4.92 Å². The molecule has 1 atom stereocenters. The Kier molecular flexibility index (Phi) is 3.66. The van der Waals surface area contributed by atoms with Crippen molar-refractivity contribution in [3.8, 4) is 0 Å². The maximum Gasteiger partial charge on any atom is 0.269 e. The van der Waals surface area contributed by atoms with Crippen molar-refractivity contribution in [2.45, 2.75) is 38.6 Å². The van der Waals surface area contributed by atoms with Crippen LogP contribution in [0, 0.1) is 10.1 Å². The highest BCUT2D eigenvalue weighted by molar-refractivity contribution is 5.36. The van der Waals surface area contributed by atoms with E-state index in [0.717, 1.165) is 25.9 Å². The van der Waals surface area contributed by atoms with Crippen LogP contribution in [-0.2, 0) is 5.54 Å². The molecule has 0 amide bonds. The summed E-state index contributed by atoms with van der Waals surface area (Å²) in [5.41, 5.74) is 1.41. The van der Waals surface area contributed by atoms with E-state index >= 15 is 0 Å². The molecule has 1 saturated heterocycles. The first-order valence-electron chi connectivity index (χ1n) is 6.58. The average molecular weight is 248 g/mol. The molecule has 1 aromatic carbocycles. The summed E-state index contributed by atoms with van der Waals surface area (Å²) in [4.78, 5) is 12.8. The summed E-state index contributed by atoms with van der Waals surface area (Å²) in [5, 5.41) is 10.7. The standard InChI is InChI=1S/C14H20N2O2/c1-3-10-15-11-4-9-14(15,2)12-5-7-13(8-6-12)16(17)18/h5-8H,3-4,9-11H2,1-2H3/t14-/m0/s1. The van der Waals surface area contributed by atoms with Crippen LogP contribution in [0.25, 0.3) is 0 Å². The van der Waals surface area contributed by atoms with Gasteiger partial charge in [0.25, 0.3) is 5.69 Å². The van der Waals surface area contributed by atoms with E-state index in [9.17, 15) is 10.1 Å². The van der Waals surface area contributed by atoms with Gasteiger partial charge in [0, 0.05) is 17.7 Å². The molecule has 4 heteroatoms. The van der Waals surface area contributed by atoms with E-state index in [1.165, 1.54) is 12.0 Å². The Bertz CT molecular complexity index is 430. The average Bonchev–Trinajstić information content (AvgIpc) is 2.73. The minimum Gasteiger partial charge on any atom is -0.294 e. The quantitative estimate of drug-likeness (QED) is 0.606. The second kappa shape index (κ2) is 5.06. The first kappa shape index (κ1) is 13.0. The summed E-state index contributed by atoms with van der Waals surface area (Å²) in [7, 11) is 0. The maximum absolute atomic E-state index is 10.7. The van der Waals surface area contributed by atoms with Crippen molar-refractivity contribution in [1.82, 2.24) is 4.90 Å². The monoisotopic (exact) mass is 248 g/mol. The molecule has 0 bridgehead atoms. The van der Waals surface area contributed by atoms with Crippen LogP contribution < -0.4 is 0 Å². The molecule has 0 spiro atoms. The van der Waals surface area contributed by atoms with Gasteiger partial charge in [-0.3, -0.25) is 15.0 Å². The van der Waals surface area contributed by atoms with E-state index in [1.807, 2.05) is 12.1 Å². The molecule has 0 unspecified atom stereocenters. The number of nitrogens with zero attached hydrogens (tertiary/aromatic N) is 2. The van der Waals surface area contributed by atoms with E-state index in [-0.39, 0.29) is 16.1 Å². The first-order valence-corrected chi connectivity index (χ1v) is 6.58. The summed E-state index contributed by atoms with van der Waals surface area (Å²) in [5.74, 6) is 0. The summed E-state index contributed by atoms with van der Waals surface area (Å²) >= 11 is 0. The Morgan fingerprint density at radius 1 is 1.39 bits per heavy atom. The zero-order chi connectivity index (χ0) is 13.2. The van der Waals surface area contributed by atoms with Gasteiger partial charge in [0.1, 0.15) is 0 Å². The van der Waals surface area contributed by atoms with E-state index in [1.54, 1.807) is 12.1 Å². The zero-order valence-electron chi connectivity index (χ0n) is 11.1. The number of hydrogen-bond donors (Lipinski definition) is 0. The maximum atomic E-state index is 10.7. The molecule has 1 heterocycles. The second-order valence-electron chi connectivity index (χ2n) is 5.17. The van der Waals surface area contributed by atoms with Crippen LogP contribution in [-0.4, -0.2) is 22.9 Å². The van der Waals surface area contributed by atoms with Crippen molar-refractivity contribution in [1.29, 1.82) is 0 Å². The molecule has 18 heavy (non-hydrogen) atoms. The number of nitro groups is 1. The van der Waals surface area contributed by atoms with Gasteiger partial charge >= 0.3 is 0 Å². The number of likely N-dealkylation sites (tertiary alicyclic amines) is 1. The van der Waals surface area contributed by atoms with E-state index in [0.29, 0.717) is 0 Å². The highest BCUT2D eigenvalue weighted by atomic mass is 16.6. The third kappa shape index (κ3) is 2.25. The highest BCUT2D eigenvalue weighted by Crippen LogP contribution is 2.38. The fourth-order valence-corrected chi connectivity index (χ4v) is 2.92. The van der Waals surface area contributed by atoms with Crippen molar-refractivity contribution in [3.05, 3.63) is 39.9 Å². The Morgan fingerprint density at radius 3 is 2.61 bits per heavy atom. The molecule has 0 saturated carbocycles. The van der Waals surface area contributed by atoms with Gasteiger partial charge in [0.15, 0.2) is 0 Å². The predicted molar refractivity (Wildman–Crippen MR) is 71.5 cm³/mol. The molecule has 1 fully saturated rings. The molecule has 1 aliphatic rings. The number of non-ortho nitro benzene ring substituents is 1. The third-order valence-electron chi connectivity index (χ3n) is 3.98. The molecule has 4 nitrogen and oxygen atoms in total. The molecule has 1 aliphatic heterocycles. The lowest BCUT2D eigenvalue weighted by Gasteiger charge is -2.35. The topological polar surface area (TPSA) is 46.4 Å². The van der Waals surface area contributed by atoms with Crippen LogP contribution in [0.2, 0.25) is 0 Å². The van der Waals surface area contributed by atoms with Gasteiger partial charge in [-0.05, 0) is 44.8 Å². The van der Waals surface area contributed by atoms with Gasteiger partial charge in [-0.2, -0.15) is 0 Å². The summed E-state index contributed by atoms with van der Waals surface area (Å²) in [6.07, 6.45) is 3.47. The van der Waals surface area contributed by atoms with Crippen molar-refractivity contribution in [2.75, 3.05) is 13.1 Å². The largest absolute Gasteiger partial charge is 0.294 e. The SMILES string of the molecule is CCCN1CCC[C@@]1(C)c1ccc([N+](=O)[O-])cc1. The molecule has 1 aromatic rings. The van der Waals surface area contributed by atoms with Crippen molar-refractivity contribution >= 4 is 5.69 Å². The fourth-order valence-electron chi connectivity index (χ4n) is 2.92. The van der Waals surface area contributed by atoms with E-state index in [4.69, 9.17) is 0 Å². The summed E-state index contributed by atoms with van der Waals surface area (Å²) in [6, 6.07) is 7.05. The van der Waals surface area contributed by atoms with Crippen molar-refractivity contribution < 1.29 is 4.92 Å². The van der Waals surface area contributed by atoms with Crippen LogP contribution in [0.3, 0.4) is 0 Å². The molecule has 0 aliphatic carbocycles.